The molecule has 1 aliphatic heterocycles. The molecule has 4 aromatic rings. The summed E-state index contributed by atoms with van der Waals surface area (Å²) in [5.74, 6) is 3.26. The molecule has 0 atom stereocenters. The second-order valence-electron chi connectivity index (χ2n) is 11.9. The number of hydrogen-bond donors (Lipinski definition) is 1. The van der Waals surface area contributed by atoms with Crippen LogP contribution in [0, 0.1) is 22.7 Å². The highest BCUT2D eigenvalue weighted by atomic mass is 33.1. The number of rotatable bonds is 17. The Bertz CT molecular complexity index is 2360. The molecule has 0 aromatic heterocycles. The van der Waals surface area contributed by atoms with Crippen LogP contribution < -0.4 is 29.0 Å². The molecule has 13 nitrogen and oxygen atoms in total. The summed E-state index contributed by atoms with van der Waals surface area (Å²) in [6.07, 6.45) is 7.96. The largest absolute Gasteiger partial charge is 0.514 e. The lowest BCUT2D eigenvalue weighted by atomic mass is 9.97. The van der Waals surface area contributed by atoms with Crippen LogP contribution in [0.5, 0.6) is 28.7 Å². The molecule has 300 valence electrons. The summed E-state index contributed by atoms with van der Waals surface area (Å²) in [5, 5.41) is 21.5. The van der Waals surface area contributed by atoms with Gasteiger partial charge in [0.05, 0.1) is 26.9 Å². The van der Waals surface area contributed by atoms with Gasteiger partial charge in [-0.2, -0.15) is 10.5 Å². The van der Waals surface area contributed by atoms with E-state index >= 15 is 0 Å². The van der Waals surface area contributed by atoms with Gasteiger partial charge >= 0.3 is 12.2 Å². The number of aldehydes is 1. The van der Waals surface area contributed by atoms with Gasteiger partial charge in [0.2, 0.25) is 0 Å². The first kappa shape index (κ1) is 43.1. The number of carbonyl (C=O) groups is 3. The number of anilines is 1. The number of fused-ring (bicyclic) bond motifs is 1. The van der Waals surface area contributed by atoms with Gasteiger partial charge in [-0.05, 0) is 71.3 Å². The van der Waals surface area contributed by atoms with Crippen molar-refractivity contribution >= 4 is 69.6 Å². The highest BCUT2D eigenvalue weighted by Crippen LogP contribution is 2.36. The van der Waals surface area contributed by atoms with Crippen LogP contribution in [-0.2, 0) is 9.47 Å². The molecule has 0 saturated heterocycles. The molecule has 59 heavy (non-hydrogen) atoms. The molecule has 0 saturated carbocycles. The molecule has 5 rings (SSSR count). The van der Waals surface area contributed by atoms with E-state index in [0.717, 1.165) is 5.56 Å². The number of para-hydroxylation sites is 1. The maximum Gasteiger partial charge on any atom is 0.514 e. The third kappa shape index (κ3) is 12.2. The summed E-state index contributed by atoms with van der Waals surface area (Å²) in [5.41, 5.74) is 4.26. The zero-order valence-corrected chi connectivity index (χ0v) is 33.7. The minimum Gasteiger partial charge on any atom is -0.493 e. The Balaban J connectivity index is 0.993. The van der Waals surface area contributed by atoms with Crippen molar-refractivity contribution in [3.63, 3.8) is 0 Å². The Morgan fingerprint density at radius 2 is 1.41 bits per heavy atom. The van der Waals surface area contributed by atoms with E-state index in [1.807, 2.05) is 30.3 Å². The third-order valence-electron chi connectivity index (χ3n) is 8.16. The smallest absolute Gasteiger partial charge is 0.493 e. The zero-order valence-electron chi connectivity index (χ0n) is 32.1. The van der Waals surface area contributed by atoms with Crippen LogP contribution in [0.3, 0.4) is 0 Å². The summed E-state index contributed by atoms with van der Waals surface area (Å²) in [4.78, 5) is 36.3. The van der Waals surface area contributed by atoms with Crippen LogP contribution in [-0.4, -0.2) is 64.6 Å². The Hall–Kier alpha value is -7.07. The van der Waals surface area contributed by atoms with Gasteiger partial charge in [-0.1, -0.05) is 76.2 Å². The Labute approximate surface area is 348 Å². The van der Waals surface area contributed by atoms with Gasteiger partial charge in [0.15, 0.2) is 29.3 Å². The van der Waals surface area contributed by atoms with E-state index in [1.165, 1.54) is 42.9 Å². The highest BCUT2D eigenvalue weighted by Gasteiger charge is 2.19. The number of hydrogen-bond acceptors (Lipinski definition) is 14. The summed E-state index contributed by atoms with van der Waals surface area (Å²) in [6, 6.07) is 26.6. The Kier molecular flexibility index (Phi) is 16.1. The van der Waals surface area contributed by atoms with Crippen LogP contribution in [0.4, 0.5) is 15.3 Å². The summed E-state index contributed by atoms with van der Waals surface area (Å²) in [7, 11) is 7.31. The van der Waals surface area contributed by atoms with E-state index in [-0.39, 0.29) is 24.5 Å². The van der Waals surface area contributed by atoms with E-state index in [4.69, 9.17) is 33.2 Å². The number of nitrogens with zero attached hydrogens (tertiary/aromatic N) is 2. The molecule has 1 N–H and O–H groups in total. The van der Waals surface area contributed by atoms with Crippen LogP contribution in [0.1, 0.15) is 32.6 Å². The van der Waals surface area contributed by atoms with Crippen molar-refractivity contribution in [1.82, 2.24) is 0 Å². The standard InChI is InChI=1S/C44H37N3O10S2/c1-51-39-17-13-30(8-9-31-22-32(28-48)42(53-3)41(24-31)52-2)23-40(39)57-44(50)55-19-21-59-58-20-18-54-43(49)47-34-14-10-29(11-15-34)12-16-35-25-37(33(26-45)27-46)36-6-4-5-7-38(36)56-35/h4-17,22-25,28H,18-21H2,1-3H3,(H,47,49)/b9-8-,16-12+. The van der Waals surface area contributed by atoms with Crippen molar-refractivity contribution < 1.29 is 47.5 Å². The average Bonchev–Trinajstić information content (AvgIpc) is 3.26. The number of amides is 1. The fourth-order valence-corrected chi connectivity index (χ4v) is 7.09. The van der Waals surface area contributed by atoms with Gasteiger partial charge in [0.25, 0.3) is 0 Å². The van der Waals surface area contributed by atoms with E-state index in [9.17, 15) is 24.9 Å². The molecule has 0 spiro atoms. The van der Waals surface area contributed by atoms with E-state index in [0.29, 0.717) is 80.1 Å². The molecule has 1 heterocycles. The van der Waals surface area contributed by atoms with Crippen LogP contribution in [0.15, 0.2) is 102 Å². The first-order chi connectivity index (χ1) is 28.8. The number of nitrogens with one attached hydrogen (secondary N) is 1. The fraction of sp³-hybridized carbons (Fsp3) is 0.159. The molecular formula is C44H37N3O10S2. The van der Waals surface area contributed by atoms with E-state index in [2.05, 4.69) is 5.32 Å². The maximum atomic E-state index is 12.5. The molecule has 4 aromatic carbocycles. The quantitative estimate of drug-likeness (QED) is 0.0202. The summed E-state index contributed by atoms with van der Waals surface area (Å²) < 4.78 is 37.8. The van der Waals surface area contributed by atoms with Crippen LogP contribution in [0.25, 0.3) is 23.8 Å². The summed E-state index contributed by atoms with van der Waals surface area (Å²) >= 11 is 0. The number of ether oxygens (including phenoxy) is 7. The average molecular weight is 832 g/mol. The lowest BCUT2D eigenvalue weighted by Gasteiger charge is -2.18. The van der Waals surface area contributed by atoms with Gasteiger partial charge in [-0.25, -0.2) is 9.59 Å². The molecule has 0 unspecified atom stereocenters. The van der Waals surface area contributed by atoms with Crippen molar-refractivity contribution in [2.24, 2.45) is 0 Å². The van der Waals surface area contributed by atoms with E-state index in [1.54, 1.807) is 91.0 Å². The second kappa shape index (κ2) is 22.0. The molecule has 1 aliphatic rings. The zero-order chi connectivity index (χ0) is 42.0. The molecule has 0 aliphatic carbocycles. The van der Waals surface area contributed by atoms with Gasteiger partial charge in [-0.3, -0.25) is 10.1 Å². The van der Waals surface area contributed by atoms with Crippen molar-refractivity contribution in [1.29, 1.82) is 10.5 Å². The molecule has 0 fully saturated rings. The third-order valence-corrected chi connectivity index (χ3v) is 10.5. The number of nitriles is 2. The second-order valence-corrected chi connectivity index (χ2v) is 14.6. The SMILES string of the molecule is COc1ccc(/C=C\c2cc(C=O)c(OC)c(OC)c2)cc1OC(=O)OCCSSCCOC(=O)Nc1ccc(/C=C/C2=CC(=C(C#N)C#N)c3ccccc3O2)cc1. The lowest BCUT2D eigenvalue weighted by molar-refractivity contribution is 0.104. The highest BCUT2D eigenvalue weighted by molar-refractivity contribution is 8.76. The fourth-order valence-electron chi connectivity index (χ4n) is 5.43. The van der Waals surface area contributed by atoms with Crippen molar-refractivity contribution in [2.45, 2.75) is 0 Å². The first-order valence-corrected chi connectivity index (χ1v) is 20.2. The van der Waals surface area contributed by atoms with E-state index < -0.39 is 12.2 Å². The van der Waals surface area contributed by atoms with Crippen LogP contribution in [0.2, 0.25) is 0 Å². The molecule has 15 heteroatoms. The summed E-state index contributed by atoms with van der Waals surface area (Å²) in [6.45, 7) is 0.249. The molecule has 1 amide bonds. The minimum absolute atomic E-state index is 0.00534. The number of allylic oxidation sites excluding steroid dienone is 4. The molecule has 0 radical (unpaired) electrons. The molecular weight excluding hydrogens is 795 g/mol. The number of benzene rings is 4. The molecule has 0 bridgehead atoms. The van der Waals surface area contributed by atoms with Crippen molar-refractivity contribution in [3.05, 3.63) is 130 Å². The lowest BCUT2D eigenvalue weighted by Crippen LogP contribution is -2.15. The minimum atomic E-state index is -0.894. The topological polar surface area (TPSA) is 175 Å². The predicted molar refractivity (Wildman–Crippen MR) is 227 cm³/mol. The van der Waals surface area contributed by atoms with Gasteiger partial charge in [0, 0.05) is 28.3 Å². The predicted octanol–water partition coefficient (Wildman–Crippen LogP) is 9.63. The van der Waals surface area contributed by atoms with Gasteiger partial charge in [0.1, 0.15) is 42.4 Å². The van der Waals surface area contributed by atoms with Crippen molar-refractivity contribution in [3.8, 4) is 40.9 Å². The van der Waals surface area contributed by atoms with Crippen LogP contribution >= 0.6 is 21.6 Å². The van der Waals surface area contributed by atoms with Gasteiger partial charge < -0.3 is 33.2 Å². The normalized spacial score (nSPS) is 11.6. The first-order valence-electron chi connectivity index (χ1n) is 17.7. The monoisotopic (exact) mass is 831 g/mol. The number of carbonyl (C=O) groups excluding carboxylic acids is 3. The Morgan fingerprint density at radius 1 is 0.746 bits per heavy atom. The van der Waals surface area contributed by atoms with Gasteiger partial charge in [-0.15, -0.1) is 0 Å². The number of methoxy groups -OCH3 is 3. The maximum absolute atomic E-state index is 12.5. The van der Waals surface area contributed by atoms with Crippen molar-refractivity contribution in [2.75, 3.05) is 51.4 Å². The Morgan fingerprint density at radius 3 is 2.10 bits per heavy atom.